The number of ether oxygens (including phenoxy) is 1. The molecule has 0 aliphatic heterocycles. The molecule has 24 heavy (non-hydrogen) atoms. The molecule has 3 rings (SSSR count). The second-order valence-corrected chi connectivity index (χ2v) is 6.28. The quantitative estimate of drug-likeness (QED) is 0.558. The average Bonchev–Trinajstić information content (AvgIpc) is 2.85. The Morgan fingerprint density at radius 1 is 1.42 bits per heavy atom. The predicted molar refractivity (Wildman–Crippen MR) is 94.6 cm³/mol. The Morgan fingerprint density at radius 3 is 2.79 bits per heavy atom. The molecule has 0 fully saturated rings. The number of methoxy groups -OCH3 is 1. The fourth-order valence-electron chi connectivity index (χ4n) is 2.78. The van der Waals surface area contributed by atoms with Crippen molar-refractivity contribution in [3.05, 3.63) is 28.6 Å². The summed E-state index contributed by atoms with van der Waals surface area (Å²) in [6, 6.07) is 5.62. The third kappa shape index (κ3) is 2.52. The van der Waals surface area contributed by atoms with Gasteiger partial charge in [-0.3, -0.25) is 14.2 Å². The van der Waals surface area contributed by atoms with Crippen LogP contribution in [0, 0.1) is 0 Å². The van der Waals surface area contributed by atoms with Crippen molar-refractivity contribution in [2.24, 2.45) is 12.8 Å². The van der Waals surface area contributed by atoms with E-state index < -0.39 is 5.91 Å². The van der Waals surface area contributed by atoms with E-state index in [0.29, 0.717) is 28.5 Å². The number of amides is 1. The van der Waals surface area contributed by atoms with Gasteiger partial charge in [-0.1, -0.05) is 11.8 Å². The first kappa shape index (κ1) is 16.4. The number of nitrogens with two attached hydrogens (primary N) is 1. The van der Waals surface area contributed by atoms with Crippen LogP contribution in [0.15, 0.2) is 28.2 Å². The fourth-order valence-corrected chi connectivity index (χ4v) is 3.58. The Balaban J connectivity index is 2.36. The molecule has 7 nitrogen and oxygen atoms in total. The van der Waals surface area contributed by atoms with Gasteiger partial charge in [0.2, 0.25) is 5.91 Å². The number of hydrogen-bond donors (Lipinski definition) is 1. The molecule has 1 amide bonds. The normalized spacial score (nSPS) is 11.3. The lowest BCUT2D eigenvalue weighted by Gasteiger charge is -2.09. The van der Waals surface area contributed by atoms with Crippen LogP contribution in [0.2, 0.25) is 0 Å². The van der Waals surface area contributed by atoms with E-state index in [9.17, 15) is 9.59 Å². The first-order valence-electron chi connectivity index (χ1n) is 7.46. The number of carbonyl (C=O) groups excluding carboxylic acids is 1. The van der Waals surface area contributed by atoms with E-state index in [1.807, 2.05) is 36.7 Å². The lowest BCUT2D eigenvalue weighted by atomic mass is 10.2. The summed E-state index contributed by atoms with van der Waals surface area (Å²) in [4.78, 5) is 28.6. The Hall–Kier alpha value is -2.48. The molecular weight excluding hydrogens is 328 g/mol. The monoisotopic (exact) mass is 346 g/mol. The molecule has 0 aliphatic rings. The van der Waals surface area contributed by atoms with Crippen LogP contribution in [0.3, 0.4) is 0 Å². The van der Waals surface area contributed by atoms with Gasteiger partial charge >= 0.3 is 0 Å². The van der Waals surface area contributed by atoms with Crippen molar-refractivity contribution in [2.45, 2.75) is 18.6 Å². The van der Waals surface area contributed by atoms with Gasteiger partial charge in [-0.2, -0.15) is 0 Å². The summed E-state index contributed by atoms with van der Waals surface area (Å²) in [5, 5.41) is 1.33. The first-order chi connectivity index (χ1) is 11.5. The highest BCUT2D eigenvalue weighted by Gasteiger charge is 2.18. The highest BCUT2D eigenvalue weighted by molar-refractivity contribution is 7.99. The SMILES string of the molecule is CCn1c(SCC(N)=O)nc2c3cc(OC)ccc3n(C)c2c1=O. The molecule has 0 saturated carbocycles. The molecule has 0 bridgehead atoms. The molecular formula is C16H18N4O3S. The molecule has 2 N–H and O–H groups in total. The van der Waals surface area contributed by atoms with Crippen molar-refractivity contribution in [1.82, 2.24) is 14.1 Å². The molecule has 2 heterocycles. The number of rotatable bonds is 5. The Kier molecular flexibility index (Phi) is 4.23. The average molecular weight is 346 g/mol. The maximum Gasteiger partial charge on any atom is 0.278 e. The second-order valence-electron chi connectivity index (χ2n) is 5.34. The summed E-state index contributed by atoms with van der Waals surface area (Å²) in [5.74, 6) is 0.325. The van der Waals surface area contributed by atoms with E-state index in [0.717, 1.165) is 10.9 Å². The van der Waals surface area contributed by atoms with Crippen LogP contribution in [0.4, 0.5) is 0 Å². The van der Waals surface area contributed by atoms with Crippen molar-refractivity contribution in [3.63, 3.8) is 0 Å². The van der Waals surface area contributed by atoms with Crippen LogP contribution in [-0.2, 0) is 18.4 Å². The summed E-state index contributed by atoms with van der Waals surface area (Å²) in [7, 11) is 3.44. The third-order valence-corrected chi connectivity index (χ3v) is 4.92. The van der Waals surface area contributed by atoms with Crippen LogP contribution in [0.5, 0.6) is 5.75 Å². The van der Waals surface area contributed by atoms with Crippen molar-refractivity contribution >= 4 is 39.6 Å². The molecule has 0 atom stereocenters. The van der Waals surface area contributed by atoms with Crippen molar-refractivity contribution in [1.29, 1.82) is 0 Å². The molecule has 0 radical (unpaired) electrons. The minimum absolute atomic E-state index is 0.0754. The number of primary amides is 1. The lowest BCUT2D eigenvalue weighted by molar-refractivity contribution is -0.115. The van der Waals surface area contributed by atoms with E-state index in [-0.39, 0.29) is 11.3 Å². The molecule has 0 aliphatic carbocycles. The van der Waals surface area contributed by atoms with Gasteiger partial charge < -0.3 is 15.0 Å². The zero-order valence-electron chi connectivity index (χ0n) is 13.7. The molecule has 8 heteroatoms. The number of nitrogens with zero attached hydrogens (tertiary/aromatic N) is 3. The zero-order valence-corrected chi connectivity index (χ0v) is 14.5. The Bertz CT molecular complexity index is 1010. The second kappa shape index (κ2) is 6.20. The van der Waals surface area contributed by atoms with Crippen LogP contribution >= 0.6 is 11.8 Å². The number of carbonyl (C=O) groups is 1. The summed E-state index contributed by atoms with van der Waals surface area (Å²) in [5.41, 5.74) is 7.12. The maximum atomic E-state index is 12.9. The summed E-state index contributed by atoms with van der Waals surface area (Å²) in [6.45, 7) is 2.34. The van der Waals surface area contributed by atoms with Gasteiger partial charge in [0.05, 0.1) is 18.4 Å². The largest absolute Gasteiger partial charge is 0.497 e. The van der Waals surface area contributed by atoms with E-state index in [2.05, 4.69) is 4.98 Å². The van der Waals surface area contributed by atoms with Crippen LogP contribution in [0.25, 0.3) is 21.9 Å². The van der Waals surface area contributed by atoms with E-state index in [1.165, 1.54) is 11.8 Å². The summed E-state index contributed by atoms with van der Waals surface area (Å²) >= 11 is 1.17. The highest BCUT2D eigenvalue weighted by atomic mass is 32.2. The zero-order chi connectivity index (χ0) is 17.4. The minimum Gasteiger partial charge on any atom is -0.497 e. The highest BCUT2D eigenvalue weighted by Crippen LogP contribution is 2.29. The molecule has 0 unspecified atom stereocenters. The molecule has 0 spiro atoms. The minimum atomic E-state index is -0.448. The number of hydrogen-bond acceptors (Lipinski definition) is 5. The standard InChI is InChI=1S/C16H18N4O3S/c1-4-20-15(22)14-13(18-16(20)24-8-12(17)21)10-7-9(23-3)5-6-11(10)19(14)2/h5-7H,4,8H2,1-3H3,(H2,17,21). The molecule has 1 aromatic carbocycles. The number of fused-ring (bicyclic) bond motifs is 3. The third-order valence-electron chi connectivity index (χ3n) is 3.93. The van der Waals surface area contributed by atoms with Gasteiger partial charge in [-0.25, -0.2) is 4.98 Å². The number of aromatic nitrogens is 3. The van der Waals surface area contributed by atoms with Crippen molar-refractivity contribution in [3.8, 4) is 5.75 Å². The fraction of sp³-hybridized carbons (Fsp3) is 0.312. The van der Waals surface area contributed by atoms with E-state index in [4.69, 9.17) is 10.5 Å². The van der Waals surface area contributed by atoms with Gasteiger partial charge in [-0.05, 0) is 25.1 Å². The molecule has 126 valence electrons. The van der Waals surface area contributed by atoms with Crippen LogP contribution in [0.1, 0.15) is 6.92 Å². The van der Waals surface area contributed by atoms with Gasteiger partial charge in [-0.15, -0.1) is 0 Å². The van der Waals surface area contributed by atoms with E-state index >= 15 is 0 Å². The van der Waals surface area contributed by atoms with Gasteiger partial charge in [0.15, 0.2) is 5.16 Å². The number of benzene rings is 1. The van der Waals surface area contributed by atoms with E-state index in [1.54, 1.807) is 11.7 Å². The van der Waals surface area contributed by atoms with Crippen LogP contribution in [-0.4, -0.2) is 32.9 Å². The topological polar surface area (TPSA) is 92.1 Å². The van der Waals surface area contributed by atoms with Gasteiger partial charge in [0, 0.05) is 19.0 Å². The number of aryl methyl sites for hydroxylation is 1. The lowest BCUT2D eigenvalue weighted by Crippen LogP contribution is -2.24. The van der Waals surface area contributed by atoms with Crippen LogP contribution < -0.4 is 16.0 Å². The smallest absolute Gasteiger partial charge is 0.278 e. The number of thioether (sulfide) groups is 1. The van der Waals surface area contributed by atoms with Crippen molar-refractivity contribution in [2.75, 3.05) is 12.9 Å². The molecule has 0 saturated heterocycles. The first-order valence-corrected chi connectivity index (χ1v) is 8.44. The molecule has 2 aromatic heterocycles. The van der Waals surface area contributed by atoms with Crippen molar-refractivity contribution < 1.29 is 9.53 Å². The van der Waals surface area contributed by atoms with Gasteiger partial charge in [0.1, 0.15) is 16.8 Å². The Labute approximate surface area is 142 Å². The predicted octanol–water partition coefficient (Wildman–Crippen LogP) is 1.49. The summed E-state index contributed by atoms with van der Waals surface area (Å²) < 4.78 is 8.68. The maximum absolute atomic E-state index is 12.9. The summed E-state index contributed by atoms with van der Waals surface area (Å²) in [6.07, 6.45) is 0. The van der Waals surface area contributed by atoms with Gasteiger partial charge in [0.25, 0.3) is 5.56 Å². The Morgan fingerprint density at radius 2 is 2.17 bits per heavy atom. The molecule has 3 aromatic rings.